The Labute approximate surface area is 387 Å². The van der Waals surface area contributed by atoms with Gasteiger partial charge in [-0.2, -0.15) is 0 Å². The fraction of sp³-hybridized carbons (Fsp3) is 0.0159. The van der Waals surface area contributed by atoms with Crippen LogP contribution in [0.3, 0.4) is 0 Å². The van der Waals surface area contributed by atoms with Gasteiger partial charge in [0.1, 0.15) is 11.2 Å². The van der Waals surface area contributed by atoms with Gasteiger partial charge in [0, 0.05) is 55.4 Å². The quantitative estimate of drug-likeness (QED) is 0.152. The van der Waals surface area contributed by atoms with Crippen molar-refractivity contribution in [3.63, 3.8) is 0 Å². The fourth-order valence-corrected chi connectivity index (χ4v) is 10.2. The molecule has 0 N–H and O–H groups in total. The van der Waals surface area contributed by atoms with E-state index in [1.165, 1.54) is 11.1 Å². The van der Waals surface area contributed by atoms with Gasteiger partial charge in [0.25, 0.3) is 0 Å². The summed E-state index contributed by atoms with van der Waals surface area (Å²) >= 11 is 0. The Bertz CT molecular complexity index is 3990. The molecule has 0 aliphatic carbocycles. The minimum absolute atomic E-state index is 0.766. The maximum absolute atomic E-state index is 6.91. The van der Waals surface area contributed by atoms with Gasteiger partial charge in [-0.3, -0.25) is 0 Å². The average molecular weight is 859 g/mol. The van der Waals surface area contributed by atoms with E-state index in [0.717, 1.165) is 116 Å². The van der Waals surface area contributed by atoms with Crippen molar-refractivity contribution >= 4 is 99.5 Å². The summed E-state index contributed by atoms with van der Waals surface area (Å²) in [6.07, 6.45) is 0. The number of fused-ring (bicyclic) bond motifs is 9. The van der Waals surface area contributed by atoms with Gasteiger partial charge in [-0.1, -0.05) is 146 Å². The van der Waals surface area contributed by atoms with Crippen molar-refractivity contribution in [3.8, 4) is 22.3 Å². The minimum Gasteiger partial charge on any atom is -0.452 e. The molecule has 0 aliphatic heterocycles. The number of para-hydroxylation sites is 4. The van der Waals surface area contributed by atoms with Crippen LogP contribution in [0.5, 0.6) is 0 Å². The van der Waals surface area contributed by atoms with E-state index in [4.69, 9.17) is 8.83 Å². The molecule has 0 unspecified atom stereocenters. The number of nitrogens with zero attached hydrogens (tertiary/aromatic N) is 2. The largest absolute Gasteiger partial charge is 0.452 e. The van der Waals surface area contributed by atoms with Crippen molar-refractivity contribution in [1.29, 1.82) is 0 Å². The van der Waals surface area contributed by atoms with Gasteiger partial charge in [0.05, 0.1) is 11.4 Å². The molecule has 11 aromatic carbocycles. The lowest BCUT2D eigenvalue weighted by molar-refractivity contribution is 0.633. The number of anilines is 6. The Morgan fingerprint density at radius 2 is 0.746 bits per heavy atom. The normalized spacial score (nSPS) is 11.7. The third-order valence-corrected chi connectivity index (χ3v) is 13.3. The van der Waals surface area contributed by atoms with Gasteiger partial charge < -0.3 is 18.6 Å². The van der Waals surface area contributed by atoms with Gasteiger partial charge in [-0.25, -0.2) is 0 Å². The molecule has 67 heavy (non-hydrogen) atoms. The zero-order chi connectivity index (χ0) is 44.4. The predicted molar refractivity (Wildman–Crippen MR) is 281 cm³/mol. The molecule has 4 nitrogen and oxygen atoms in total. The smallest absolute Gasteiger partial charge is 0.178 e. The number of furan rings is 2. The van der Waals surface area contributed by atoms with E-state index in [1.807, 2.05) is 0 Å². The summed E-state index contributed by atoms with van der Waals surface area (Å²) in [4.78, 5) is 4.70. The van der Waals surface area contributed by atoms with Crippen LogP contribution in [0.4, 0.5) is 34.1 Å². The fourth-order valence-electron chi connectivity index (χ4n) is 10.2. The van der Waals surface area contributed by atoms with Gasteiger partial charge in [0.2, 0.25) is 0 Å². The molecular weight excluding hydrogens is 817 g/mol. The summed E-state index contributed by atoms with van der Waals surface area (Å²) in [5.74, 6) is 0. The van der Waals surface area contributed by atoms with Crippen LogP contribution in [0.25, 0.3) is 87.7 Å². The van der Waals surface area contributed by atoms with Gasteiger partial charge >= 0.3 is 0 Å². The third-order valence-electron chi connectivity index (χ3n) is 13.3. The molecule has 4 heteroatoms. The summed E-state index contributed by atoms with van der Waals surface area (Å²) < 4.78 is 13.8. The molecule has 2 heterocycles. The Balaban J connectivity index is 0.938. The van der Waals surface area contributed by atoms with E-state index in [0.29, 0.717) is 0 Å². The van der Waals surface area contributed by atoms with E-state index >= 15 is 0 Å². The molecular formula is C63H42N2O2. The second kappa shape index (κ2) is 15.7. The van der Waals surface area contributed by atoms with Crippen LogP contribution >= 0.6 is 0 Å². The van der Waals surface area contributed by atoms with Crippen LogP contribution in [0, 0.1) is 6.92 Å². The molecule has 0 fully saturated rings. The summed E-state index contributed by atoms with van der Waals surface area (Å²) in [5.41, 5.74) is 15.5. The molecule has 0 saturated heterocycles. The van der Waals surface area contributed by atoms with Crippen molar-refractivity contribution in [2.24, 2.45) is 0 Å². The van der Waals surface area contributed by atoms with Crippen LogP contribution in [-0.2, 0) is 0 Å². The van der Waals surface area contributed by atoms with Gasteiger partial charge in [-0.15, -0.1) is 0 Å². The van der Waals surface area contributed by atoms with Crippen molar-refractivity contribution in [2.75, 3.05) is 9.80 Å². The van der Waals surface area contributed by atoms with Gasteiger partial charge in [-0.05, 0) is 136 Å². The summed E-state index contributed by atoms with van der Waals surface area (Å²) in [6, 6.07) is 84.4. The number of hydrogen-bond donors (Lipinski definition) is 0. The summed E-state index contributed by atoms with van der Waals surface area (Å²) in [6.45, 7) is 2.18. The summed E-state index contributed by atoms with van der Waals surface area (Å²) in [7, 11) is 0. The van der Waals surface area contributed by atoms with E-state index < -0.39 is 0 Å². The molecule has 0 saturated carbocycles. The molecule has 0 amide bonds. The topological polar surface area (TPSA) is 32.8 Å². The average Bonchev–Trinajstić information content (AvgIpc) is 3.94. The zero-order valence-corrected chi connectivity index (χ0v) is 36.7. The van der Waals surface area contributed by atoms with Gasteiger partial charge in [0.15, 0.2) is 11.2 Å². The highest BCUT2D eigenvalue weighted by Crippen LogP contribution is 2.46. The maximum Gasteiger partial charge on any atom is 0.178 e. The zero-order valence-electron chi connectivity index (χ0n) is 36.7. The van der Waals surface area contributed by atoms with Crippen molar-refractivity contribution in [3.05, 3.63) is 242 Å². The lowest BCUT2D eigenvalue weighted by atomic mass is 9.99. The van der Waals surface area contributed by atoms with E-state index in [-0.39, 0.29) is 0 Å². The first-order valence-corrected chi connectivity index (χ1v) is 22.8. The number of benzene rings is 11. The highest BCUT2D eigenvalue weighted by Gasteiger charge is 2.22. The number of hydrogen-bond acceptors (Lipinski definition) is 4. The second-order valence-corrected chi connectivity index (χ2v) is 17.3. The predicted octanol–water partition coefficient (Wildman–Crippen LogP) is 18.4. The van der Waals surface area contributed by atoms with Crippen molar-refractivity contribution < 1.29 is 8.83 Å². The molecule has 0 spiro atoms. The molecule has 2 aromatic heterocycles. The first-order valence-electron chi connectivity index (χ1n) is 22.8. The highest BCUT2D eigenvalue weighted by molar-refractivity contribution is 6.22. The highest BCUT2D eigenvalue weighted by atomic mass is 16.4. The van der Waals surface area contributed by atoms with Crippen molar-refractivity contribution in [2.45, 2.75) is 6.92 Å². The van der Waals surface area contributed by atoms with E-state index in [2.05, 4.69) is 253 Å². The third kappa shape index (κ3) is 6.53. The Morgan fingerprint density at radius 3 is 1.27 bits per heavy atom. The molecule has 13 aromatic rings. The van der Waals surface area contributed by atoms with Crippen LogP contribution in [0.2, 0.25) is 0 Å². The summed E-state index contributed by atoms with van der Waals surface area (Å²) in [5, 5.41) is 8.76. The standard InChI is InChI=1S/C63H42N2O2/c1-41-34-55-54-37-44-30-32-50(64(48-22-10-4-11-23-48)57-28-16-14-26-52(57)42-18-6-2-7-19-42)35-46(44)39-59(54)66-62(55)63-61(41)56-38-45-31-33-51(36-47(45)40-60(56)67-63)65(49-24-12-5-13-25-49)58-29-17-15-27-53(58)43-20-8-3-9-21-43/h2-40H,1H3. The first-order chi connectivity index (χ1) is 33.1. The molecule has 316 valence electrons. The first kappa shape index (κ1) is 38.6. The molecule has 13 rings (SSSR count). The van der Waals surface area contributed by atoms with E-state index in [9.17, 15) is 0 Å². The Kier molecular flexibility index (Phi) is 9.04. The lowest BCUT2D eigenvalue weighted by Crippen LogP contribution is -2.11. The van der Waals surface area contributed by atoms with Crippen molar-refractivity contribution in [1.82, 2.24) is 0 Å². The molecule has 0 radical (unpaired) electrons. The SMILES string of the molecule is Cc1cc2c3cc4ccc(N(c5ccccc5)c5ccccc5-c5ccccc5)cc4cc3oc2c2oc3cc4cc(N(c5ccccc5)c5ccccc5-c5ccccc5)ccc4cc3c12. The lowest BCUT2D eigenvalue weighted by Gasteiger charge is -2.28. The Morgan fingerprint density at radius 1 is 0.313 bits per heavy atom. The second-order valence-electron chi connectivity index (χ2n) is 17.3. The van der Waals surface area contributed by atoms with Crippen LogP contribution in [-0.4, -0.2) is 0 Å². The monoisotopic (exact) mass is 858 g/mol. The maximum atomic E-state index is 6.91. The minimum atomic E-state index is 0.766. The van der Waals surface area contributed by atoms with Crippen LogP contribution in [0.1, 0.15) is 5.56 Å². The van der Waals surface area contributed by atoms with Crippen LogP contribution < -0.4 is 9.80 Å². The molecule has 0 atom stereocenters. The molecule has 0 bridgehead atoms. The molecule has 0 aliphatic rings. The number of aryl methyl sites for hydroxylation is 1. The Hall–Kier alpha value is -8.86. The van der Waals surface area contributed by atoms with Crippen LogP contribution in [0.15, 0.2) is 245 Å². The number of rotatable bonds is 8. The van der Waals surface area contributed by atoms with E-state index in [1.54, 1.807) is 0 Å².